The molecule has 0 bridgehead atoms. The maximum atomic E-state index is 12.5. The van der Waals surface area contributed by atoms with Gasteiger partial charge in [0.2, 0.25) is 5.91 Å². The van der Waals surface area contributed by atoms with Crippen molar-refractivity contribution in [1.29, 1.82) is 0 Å². The van der Waals surface area contributed by atoms with Crippen molar-refractivity contribution in [3.63, 3.8) is 0 Å². The van der Waals surface area contributed by atoms with Crippen molar-refractivity contribution in [3.8, 4) is 0 Å². The molecule has 3 N–H and O–H groups in total. The molecule has 0 heterocycles. The van der Waals surface area contributed by atoms with E-state index in [1.54, 1.807) is 6.08 Å². The first-order valence-corrected chi connectivity index (χ1v) is 35.1. The molecular weight excluding hydrogens is 971 g/mol. The lowest BCUT2D eigenvalue weighted by Gasteiger charge is -2.20. The van der Waals surface area contributed by atoms with Crippen LogP contribution in [0.3, 0.4) is 0 Å². The minimum absolute atomic E-state index is 0.00756. The Morgan fingerprint density at radius 1 is 0.354 bits per heavy atom. The van der Waals surface area contributed by atoms with Gasteiger partial charge in [-0.3, -0.25) is 9.59 Å². The van der Waals surface area contributed by atoms with E-state index < -0.39 is 12.1 Å². The number of hydrogen-bond acceptors (Lipinski definition) is 5. The summed E-state index contributed by atoms with van der Waals surface area (Å²) >= 11 is 0. The van der Waals surface area contributed by atoms with Crippen molar-refractivity contribution >= 4 is 11.9 Å². The Morgan fingerprint density at radius 2 is 0.633 bits per heavy atom. The van der Waals surface area contributed by atoms with E-state index in [4.69, 9.17) is 4.74 Å². The van der Waals surface area contributed by atoms with Gasteiger partial charge in [0, 0.05) is 12.8 Å². The van der Waals surface area contributed by atoms with Crippen molar-refractivity contribution in [2.24, 2.45) is 0 Å². The highest BCUT2D eigenvalue weighted by Gasteiger charge is 2.18. The van der Waals surface area contributed by atoms with Gasteiger partial charge in [0.25, 0.3) is 0 Å². The zero-order valence-electron chi connectivity index (χ0n) is 52.9. The Bertz CT molecular complexity index is 1370. The second kappa shape index (κ2) is 68.1. The van der Waals surface area contributed by atoms with Gasteiger partial charge < -0.3 is 20.3 Å². The number of carbonyl (C=O) groups is 2. The van der Waals surface area contributed by atoms with Gasteiger partial charge >= 0.3 is 5.97 Å². The zero-order valence-corrected chi connectivity index (χ0v) is 52.9. The van der Waals surface area contributed by atoms with Crippen LogP contribution in [0.15, 0.2) is 60.8 Å². The molecule has 462 valence electrons. The van der Waals surface area contributed by atoms with Crippen LogP contribution in [0.4, 0.5) is 0 Å². The van der Waals surface area contributed by atoms with Gasteiger partial charge in [-0.1, -0.05) is 319 Å². The summed E-state index contributed by atoms with van der Waals surface area (Å²) < 4.78 is 5.48. The second-order valence-corrected chi connectivity index (χ2v) is 23.9. The number of ether oxygens (including phenoxy) is 1. The maximum Gasteiger partial charge on any atom is 0.305 e. The predicted molar refractivity (Wildman–Crippen MR) is 347 cm³/mol. The fourth-order valence-electron chi connectivity index (χ4n) is 10.6. The summed E-state index contributed by atoms with van der Waals surface area (Å²) in [6, 6.07) is -0.639. The number of hydrogen-bond donors (Lipinski definition) is 3. The van der Waals surface area contributed by atoms with Crippen LogP contribution in [0.2, 0.25) is 0 Å². The fourth-order valence-corrected chi connectivity index (χ4v) is 10.6. The normalized spacial score (nSPS) is 12.9. The molecule has 1 amide bonds. The summed E-state index contributed by atoms with van der Waals surface area (Å²) in [5, 5.41) is 23.3. The highest BCUT2D eigenvalue weighted by Crippen LogP contribution is 2.18. The van der Waals surface area contributed by atoms with Gasteiger partial charge in [-0.25, -0.2) is 0 Å². The van der Waals surface area contributed by atoms with E-state index in [-0.39, 0.29) is 18.5 Å². The molecule has 0 spiro atoms. The highest BCUT2D eigenvalue weighted by atomic mass is 16.5. The third-order valence-corrected chi connectivity index (χ3v) is 16.0. The number of nitrogens with one attached hydrogen (secondary N) is 1. The van der Waals surface area contributed by atoms with Crippen LogP contribution in [-0.2, 0) is 14.3 Å². The van der Waals surface area contributed by atoms with E-state index in [2.05, 4.69) is 67.8 Å². The standard InChI is InChI=1S/C73H135NO5/c1-3-5-7-9-11-13-15-17-19-20-21-22-23-25-28-31-34-38-41-45-49-53-57-61-65-71(76)70(69-75)74-72(77)66-62-58-54-50-46-42-39-35-32-29-26-24-27-30-33-36-40-44-48-52-56-60-64-68-79-73(78)67-63-59-55-51-47-43-37-18-16-14-12-10-8-6-4-2/h12,14,18,24,27,29,32,37,61,65,70-71,75-76H,3-11,13,15-17,19-23,25-26,28,30-31,33-36,38-60,62-64,66-69H2,1-2H3,(H,74,77)/b14-12-,27-24-,32-29-,37-18-,65-61+. The molecule has 0 fully saturated rings. The molecule has 0 radical (unpaired) electrons. The predicted octanol–water partition coefficient (Wildman–Crippen LogP) is 22.6. The van der Waals surface area contributed by atoms with E-state index in [0.29, 0.717) is 19.4 Å². The first-order chi connectivity index (χ1) is 39.0. The zero-order chi connectivity index (χ0) is 57.1. The van der Waals surface area contributed by atoms with Crippen molar-refractivity contribution in [2.75, 3.05) is 13.2 Å². The lowest BCUT2D eigenvalue weighted by molar-refractivity contribution is -0.143. The Kier molecular flexibility index (Phi) is 66.0. The van der Waals surface area contributed by atoms with Crippen LogP contribution in [0.25, 0.3) is 0 Å². The molecular formula is C73H135NO5. The molecule has 6 nitrogen and oxygen atoms in total. The molecule has 0 aromatic rings. The summed E-state index contributed by atoms with van der Waals surface area (Å²) in [4.78, 5) is 24.6. The average molecular weight is 1110 g/mol. The summed E-state index contributed by atoms with van der Waals surface area (Å²) in [7, 11) is 0. The van der Waals surface area contributed by atoms with E-state index in [1.165, 1.54) is 270 Å². The summed E-state index contributed by atoms with van der Waals surface area (Å²) in [5.74, 6) is -0.0835. The smallest absolute Gasteiger partial charge is 0.305 e. The molecule has 2 atom stereocenters. The minimum Gasteiger partial charge on any atom is -0.466 e. The van der Waals surface area contributed by atoms with Crippen molar-refractivity contribution in [1.82, 2.24) is 5.32 Å². The number of allylic oxidation sites excluding steroid dienone is 9. The first-order valence-electron chi connectivity index (χ1n) is 35.1. The van der Waals surface area contributed by atoms with Gasteiger partial charge in [-0.15, -0.1) is 0 Å². The maximum absolute atomic E-state index is 12.5. The van der Waals surface area contributed by atoms with Crippen molar-refractivity contribution in [2.45, 2.75) is 379 Å². The highest BCUT2D eigenvalue weighted by molar-refractivity contribution is 5.76. The fraction of sp³-hybridized carbons (Fsp3) is 0.836. The van der Waals surface area contributed by atoms with Crippen LogP contribution >= 0.6 is 0 Å². The number of unbranched alkanes of at least 4 members (excludes halogenated alkanes) is 46. The Balaban J connectivity index is 3.49. The molecule has 0 saturated heterocycles. The third kappa shape index (κ3) is 64.6. The molecule has 0 aliphatic heterocycles. The van der Waals surface area contributed by atoms with Crippen LogP contribution in [0.1, 0.15) is 367 Å². The van der Waals surface area contributed by atoms with E-state index in [9.17, 15) is 19.8 Å². The van der Waals surface area contributed by atoms with E-state index in [1.807, 2.05) is 6.08 Å². The summed E-state index contributed by atoms with van der Waals surface area (Å²) in [6.07, 6.45) is 90.0. The Morgan fingerprint density at radius 3 is 0.987 bits per heavy atom. The number of aliphatic hydroxyl groups excluding tert-OH is 2. The topological polar surface area (TPSA) is 95.9 Å². The summed E-state index contributed by atoms with van der Waals surface area (Å²) in [5.41, 5.74) is 0. The van der Waals surface area contributed by atoms with Gasteiger partial charge in [0.05, 0.1) is 25.4 Å². The number of carbonyl (C=O) groups excluding carboxylic acids is 2. The Labute approximate surface area is 492 Å². The lowest BCUT2D eigenvalue weighted by atomic mass is 10.0. The monoisotopic (exact) mass is 1110 g/mol. The molecule has 2 unspecified atom stereocenters. The van der Waals surface area contributed by atoms with Crippen LogP contribution in [0.5, 0.6) is 0 Å². The van der Waals surface area contributed by atoms with Gasteiger partial charge in [-0.05, 0) is 96.3 Å². The SMILES string of the molecule is CCCCC/C=C\C/C=C\CCCCCCCC(=O)OCCCCCCCCCCC/C=C\C/C=C\CCCCCCCCCC(=O)NC(CO)C(O)/C=C/CCCCCCCCCCCCCCCCCCCCCCCC. The number of aliphatic hydroxyl groups is 2. The van der Waals surface area contributed by atoms with Gasteiger partial charge in [-0.2, -0.15) is 0 Å². The van der Waals surface area contributed by atoms with Crippen molar-refractivity contribution in [3.05, 3.63) is 60.8 Å². The lowest BCUT2D eigenvalue weighted by Crippen LogP contribution is -2.45. The third-order valence-electron chi connectivity index (χ3n) is 16.0. The van der Waals surface area contributed by atoms with Gasteiger partial charge in [0.15, 0.2) is 0 Å². The largest absolute Gasteiger partial charge is 0.466 e. The first kappa shape index (κ1) is 76.6. The van der Waals surface area contributed by atoms with Crippen LogP contribution in [-0.4, -0.2) is 47.4 Å². The van der Waals surface area contributed by atoms with E-state index >= 15 is 0 Å². The molecule has 0 aromatic heterocycles. The quantitative estimate of drug-likeness (QED) is 0.0320. The number of esters is 1. The van der Waals surface area contributed by atoms with Gasteiger partial charge in [0.1, 0.15) is 0 Å². The van der Waals surface area contributed by atoms with Crippen LogP contribution < -0.4 is 5.32 Å². The number of rotatable bonds is 65. The number of amides is 1. The molecule has 0 aliphatic rings. The van der Waals surface area contributed by atoms with E-state index in [0.717, 1.165) is 70.6 Å². The second-order valence-electron chi connectivity index (χ2n) is 23.9. The molecule has 6 heteroatoms. The minimum atomic E-state index is -0.854. The summed E-state index contributed by atoms with van der Waals surface area (Å²) in [6.45, 7) is 4.88. The molecule has 0 aromatic carbocycles. The molecule has 0 rings (SSSR count). The molecule has 79 heavy (non-hydrogen) atoms. The molecule has 0 aliphatic carbocycles. The average Bonchev–Trinajstić information content (AvgIpc) is 3.45. The Hall–Kier alpha value is -2.44. The van der Waals surface area contributed by atoms with Crippen LogP contribution in [0, 0.1) is 0 Å². The molecule has 0 saturated carbocycles. The van der Waals surface area contributed by atoms with Crippen molar-refractivity contribution < 1.29 is 24.5 Å².